The zero-order valence-electron chi connectivity index (χ0n) is 13.3. The highest BCUT2D eigenvalue weighted by molar-refractivity contribution is 5.49. The van der Waals surface area contributed by atoms with Crippen molar-refractivity contribution in [3.63, 3.8) is 0 Å². The van der Waals surface area contributed by atoms with Crippen molar-refractivity contribution in [1.29, 1.82) is 0 Å². The van der Waals surface area contributed by atoms with Gasteiger partial charge >= 0.3 is 0 Å². The molecule has 1 fully saturated rings. The van der Waals surface area contributed by atoms with Crippen LogP contribution in [-0.4, -0.2) is 12.1 Å². The average molecular weight is 274 g/mol. The van der Waals surface area contributed by atoms with Crippen LogP contribution in [-0.2, 0) is 6.54 Å². The molecule has 20 heavy (non-hydrogen) atoms. The van der Waals surface area contributed by atoms with E-state index in [0.717, 1.165) is 5.92 Å². The Bertz CT molecular complexity index is 396. The van der Waals surface area contributed by atoms with Crippen molar-refractivity contribution in [2.24, 2.45) is 11.7 Å². The second kappa shape index (κ2) is 7.12. The molecule has 1 aliphatic carbocycles. The monoisotopic (exact) mass is 274 g/mol. The molecule has 2 nitrogen and oxygen atoms in total. The third-order valence-corrected chi connectivity index (χ3v) is 4.75. The van der Waals surface area contributed by atoms with E-state index in [4.69, 9.17) is 5.73 Å². The minimum atomic E-state index is 0.555. The maximum Gasteiger partial charge on any atom is 0.0371 e. The molecule has 0 aromatic heterocycles. The van der Waals surface area contributed by atoms with Crippen LogP contribution in [0.5, 0.6) is 0 Å². The van der Waals surface area contributed by atoms with Crippen LogP contribution in [0.3, 0.4) is 0 Å². The fourth-order valence-electron chi connectivity index (χ4n) is 3.62. The largest absolute Gasteiger partial charge is 0.366 e. The van der Waals surface area contributed by atoms with E-state index >= 15 is 0 Å². The second-order valence-corrected chi connectivity index (χ2v) is 6.47. The first kappa shape index (κ1) is 15.4. The molecule has 0 heterocycles. The fraction of sp³-hybridized carbons (Fsp3) is 0.667. The van der Waals surface area contributed by atoms with E-state index < -0.39 is 0 Å². The first-order valence-electron chi connectivity index (χ1n) is 8.23. The van der Waals surface area contributed by atoms with Crippen LogP contribution in [0, 0.1) is 5.92 Å². The van der Waals surface area contributed by atoms with Gasteiger partial charge in [-0.1, -0.05) is 38.3 Å². The average Bonchev–Trinajstić information content (AvgIpc) is 2.48. The van der Waals surface area contributed by atoms with Crippen molar-refractivity contribution in [2.75, 3.05) is 4.90 Å². The molecule has 2 unspecified atom stereocenters. The normalized spacial score (nSPS) is 23.1. The number of anilines is 1. The molecule has 2 N–H and O–H groups in total. The molecule has 0 bridgehead atoms. The third-order valence-electron chi connectivity index (χ3n) is 4.75. The predicted molar refractivity (Wildman–Crippen MR) is 88.0 cm³/mol. The SMILES string of the molecule is CCC1CCCC(N(c2ccc(CN)cc2)C(C)C)C1. The Labute approximate surface area is 124 Å². The summed E-state index contributed by atoms with van der Waals surface area (Å²) >= 11 is 0. The Morgan fingerprint density at radius 3 is 2.45 bits per heavy atom. The van der Waals surface area contributed by atoms with E-state index in [1.807, 2.05) is 0 Å². The summed E-state index contributed by atoms with van der Waals surface area (Å²) in [6.07, 6.45) is 6.83. The number of benzene rings is 1. The zero-order chi connectivity index (χ0) is 14.5. The van der Waals surface area contributed by atoms with Gasteiger partial charge in [0.15, 0.2) is 0 Å². The van der Waals surface area contributed by atoms with Crippen LogP contribution >= 0.6 is 0 Å². The van der Waals surface area contributed by atoms with Gasteiger partial charge in [0.1, 0.15) is 0 Å². The summed E-state index contributed by atoms with van der Waals surface area (Å²) in [4.78, 5) is 2.63. The molecule has 1 aromatic carbocycles. The summed E-state index contributed by atoms with van der Waals surface area (Å²) in [6, 6.07) is 10.1. The number of nitrogens with zero attached hydrogens (tertiary/aromatic N) is 1. The Morgan fingerprint density at radius 1 is 1.20 bits per heavy atom. The van der Waals surface area contributed by atoms with Crippen molar-refractivity contribution in [3.8, 4) is 0 Å². The standard InChI is InChI=1S/C18H30N2/c1-4-15-6-5-7-18(12-15)20(14(2)3)17-10-8-16(13-19)9-11-17/h8-11,14-15,18H,4-7,12-13,19H2,1-3H3. The smallest absolute Gasteiger partial charge is 0.0371 e. The van der Waals surface area contributed by atoms with Gasteiger partial charge in [-0.05, 0) is 50.3 Å². The molecular weight excluding hydrogens is 244 g/mol. The molecule has 1 saturated carbocycles. The molecule has 1 aromatic rings. The molecule has 2 heteroatoms. The van der Waals surface area contributed by atoms with Gasteiger partial charge in [-0.2, -0.15) is 0 Å². The van der Waals surface area contributed by atoms with Crippen molar-refractivity contribution in [2.45, 2.75) is 71.5 Å². The summed E-state index contributed by atoms with van der Waals surface area (Å²) in [7, 11) is 0. The summed E-state index contributed by atoms with van der Waals surface area (Å²) < 4.78 is 0. The lowest BCUT2D eigenvalue weighted by atomic mass is 9.83. The zero-order valence-corrected chi connectivity index (χ0v) is 13.3. The molecule has 112 valence electrons. The molecule has 0 aliphatic heterocycles. The van der Waals surface area contributed by atoms with Gasteiger partial charge in [0, 0.05) is 24.3 Å². The van der Waals surface area contributed by atoms with Crippen LogP contribution < -0.4 is 10.6 Å². The maximum absolute atomic E-state index is 5.70. The minimum Gasteiger partial charge on any atom is -0.366 e. The van der Waals surface area contributed by atoms with Gasteiger partial charge in [0.25, 0.3) is 0 Å². The molecule has 1 aliphatic rings. The van der Waals surface area contributed by atoms with E-state index in [9.17, 15) is 0 Å². The van der Waals surface area contributed by atoms with Gasteiger partial charge in [-0.3, -0.25) is 0 Å². The van der Waals surface area contributed by atoms with Crippen LogP contribution in [0.4, 0.5) is 5.69 Å². The number of rotatable bonds is 5. The lowest BCUT2D eigenvalue weighted by molar-refractivity contribution is 0.296. The molecule has 2 atom stereocenters. The summed E-state index contributed by atoms with van der Waals surface area (Å²) in [5.41, 5.74) is 8.28. The van der Waals surface area contributed by atoms with E-state index in [2.05, 4.69) is 49.9 Å². The van der Waals surface area contributed by atoms with E-state index in [-0.39, 0.29) is 0 Å². The van der Waals surface area contributed by atoms with Crippen LogP contribution in [0.15, 0.2) is 24.3 Å². The van der Waals surface area contributed by atoms with Crippen molar-refractivity contribution in [3.05, 3.63) is 29.8 Å². The van der Waals surface area contributed by atoms with E-state index in [0.29, 0.717) is 18.6 Å². The van der Waals surface area contributed by atoms with Gasteiger partial charge in [-0.25, -0.2) is 0 Å². The molecule has 0 radical (unpaired) electrons. The maximum atomic E-state index is 5.70. The van der Waals surface area contributed by atoms with Crippen molar-refractivity contribution >= 4 is 5.69 Å². The molecular formula is C18H30N2. The van der Waals surface area contributed by atoms with Crippen LogP contribution in [0.2, 0.25) is 0 Å². The van der Waals surface area contributed by atoms with Gasteiger partial charge in [0.05, 0.1) is 0 Å². The Hall–Kier alpha value is -1.02. The number of nitrogens with two attached hydrogens (primary N) is 1. The molecule has 0 spiro atoms. The van der Waals surface area contributed by atoms with E-state index in [1.165, 1.54) is 43.4 Å². The van der Waals surface area contributed by atoms with Gasteiger partial charge in [0.2, 0.25) is 0 Å². The fourth-order valence-corrected chi connectivity index (χ4v) is 3.62. The Balaban J connectivity index is 2.17. The summed E-state index contributed by atoms with van der Waals surface area (Å²) in [5.74, 6) is 0.915. The lowest BCUT2D eigenvalue weighted by Crippen LogP contribution is -2.43. The van der Waals surface area contributed by atoms with Gasteiger partial charge in [-0.15, -0.1) is 0 Å². The summed E-state index contributed by atoms with van der Waals surface area (Å²) in [6.45, 7) is 7.59. The second-order valence-electron chi connectivity index (χ2n) is 6.47. The highest BCUT2D eigenvalue weighted by atomic mass is 15.2. The van der Waals surface area contributed by atoms with Crippen LogP contribution in [0.1, 0.15) is 58.4 Å². The molecule has 2 rings (SSSR count). The first-order chi connectivity index (χ1) is 9.65. The highest BCUT2D eigenvalue weighted by Gasteiger charge is 2.27. The lowest BCUT2D eigenvalue weighted by Gasteiger charge is -2.41. The summed E-state index contributed by atoms with van der Waals surface area (Å²) in [5, 5.41) is 0. The molecule has 0 amide bonds. The van der Waals surface area contributed by atoms with Crippen molar-refractivity contribution < 1.29 is 0 Å². The Kier molecular flexibility index (Phi) is 5.47. The Morgan fingerprint density at radius 2 is 1.90 bits per heavy atom. The van der Waals surface area contributed by atoms with E-state index in [1.54, 1.807) is 0 Å². The first-order valence-corrected chi connectivity index (χ1v) is 8.23. The van der Waals surface area contributed by atoms with Crippen LogP contribution in [0.25, 0.3) is 0 Å². The number of hydrogen-bond acceptors (Lipinski definition) is 2. The topological polar surface area (TPSA) is 29.3 Å². The minimum absolute atomic E-state index is 0.555. The van der Waals surface area contributed by atoms with Gasteiger partial charge < -0.3 is 10.6 Å². The molecule has 0 saturated heterocycles. The third kappa shape index (κ3) is 3.54. The highest BCUT2D eigenvalue weighted by Crippen LogP contribution is 2.33. The quantitative estimate of drug-likeness (QED) is 0.866. The van der Waals surface area contributed by atoms with Crippen molar-refractivity contribution in [1.82, 2.24) is 0 Å². The predicted octanol–water partition coefficient (Wildman–Crippen LogP) is 4.33. The number of hydrogen-bond donors (Lipinski definition) is 1.